The average Bonchev–Trinajstić information content (AvgIpc) is 2.84. The number of aromatic nitrogens is 1. The summed E-state index contributed by atoms with van der Waals surface area (Å²) in [6.07, 6.45) is -1.82. The summed E-state index contributed by atoms with van der Waals surface area (Å²) in [6.45, 7) is 4.12. The molecule has 6 heteroatoms. The first-order chi connectivity index (χ1) is 10.2. The summed E-state index contributed by atoms with van der Waals surface area (Å²) in [4.78, 5) is 3.06. The van der Waals surface area contributed by atoms with Crippen molar-refractivity contribution in [1.29, 1.82) is 0 Å². The number of hydrogen-bond donors (Lipinski definition) is 3. The lowest BCUT2D eigenvalue weighted by Gasteiger charge is -2.24. The molecule has 3 nitrogen and oxygen atoms in total. The van der Waals surface area contributed by atoms with Crippen LogP contribution in [0.4, 0.5) is 13.2 Å². The summed E-state index contributed by atoms with van der Waals surface area (Å²) < 4.78 is 38.1. The van der Waals surface area contributed by atoms with Gasteiger partial charge in [-0.3, -0.25) is 5.32 Å². The van der Waals surface area contributed by atoms with Crippen molar-refractivity contribution in [2.24, 2.45) is 0 Å². The molecule has 0 aliphatic carbocycles. The SMILES string of the molecule is CCCCC(C)(O)NCc1cc2cc(C(F)(F)F)ccc2[nH]1. The second kappa shape index (κ2) is 6.30. The first-order valence-corrected chi connectivity index (χ1v) is 7.37. The van der Waals surface area contributed by atoms with Gasteiger partial charge in [-0.15, -0.1) is 0 Å². The van der Waals surface area contributed by atoms with Crippen molar-refractivity contribution in [3.8, 4) is 0 Å². The van der Waals surface area contributed by atoms with Gasteiger partial charge in [0, 0.05) is 23.1 Å². The van der Waals surface area contributed by atoms with Gasteiger partial charge in [-0.05, 0) is 44.0 Å². The molecule has 1 atom stereocenters. The Kier molecular flexibility index (Phi) is 4.82. The molecule has 1 heterocycles. The molecular formula is C16H21F3N2O. The number of H-pyrrole nitrogens is 1. The number of alkyl halides is 3. The normalized spacial score (nSPS) is 15.2. The van der Waals surface area contributed by atoms with E-state index in [0.29, 0.717) is 23.9 Å². The van der Waals surface area contributed by atoms with Gasteiger partial charge in [0.25, 0.3) is 0 Å². The van der Waals surface area contributed by atoms with E-state index in [1.54, 1.807) is 13.0 Å². The number of aromatic amines is 1. The van der Waals surface area contributed by atoms with E-state index in [4.69, 9.17) is 0 Å². The first-order valence-electron chi connectivity index (χ1n) is 7.37. The Labute approximate surface area is 127 Å². The van der Waals surface area contributed by atoms with Crippen LogP contribution in [0.5, 0.6) is 0 Å². The number of fused-ring (bicyclic) bond motifs is 1. The third-order valence-corrected chi connectivity index (χ3v) is 3.68. The molecule has 1 aromatic carbocycles. The molecule has 3 N–H and O–H groups in total. The summed E-state index contributed by atoms with van der Waals surface area (Å²) in [5, 5.41) is 13.7. The Hall–Kier alpha value is -1.53. The highest BCUT2D eigenvalue weighted by Crippen LogP contribution is 2.31. The fourth-order valence-corrected chi connectivity index (χ4v) is 2.36. The molecule has 0 radical (unpaired) electrons. The van der Waals surface area contributed by atoms with Gasteiger partial charge in [0.05, 0.1) is 5.56 Å². The van der Waals surface area contributed by atoms with Crippen molar-refractivity contribution in [3.05, 3.63) is 35.5 Å². The lowest BCUT2D eigenvalue weighted by atomic mass is 10.1. The fraction of sp³-hybridized carbons (Fsp3) is 0.500. The van der Waals surface area contributed by atoms with Crippen molar-refractivity contribution < 1.29 is 18.3 Å². The molecule has 2 rings (SSSR count). The number of hydrogen-bond acceptors (Lipinski definition) is 2. The van der Waals surface area contributed by atoms with E-state index in [1.165, 1.54) is 6.07 Å². The molecule has 0 saturated heterocycles. The Bertz CT molecular complexity index is 632. The lowest BCUT2D eigenvalue weighted by molar-refractivity contribution is -0.137. The molecule has 122 valence electrons. The van der Waals surface area contributed by atoms with E-state index in [0.717, 1.165) is 30.7 Å². The molecule has 0 saturated carbocycles. The third kappa shape index (κ3) is 4.24. The Balaban J connectivity index is 2.10. The van der Waals surface area contributed by atoms with E-state index in [2.05, 4.69) is 10.3 Å². The van der Waals surface area contributed by atoms with Crippen LogP contribution in [0.3, 0.4) is 0 Å². The minimum atomic E-state index is -4.34. The van der Waals surface area contributed by atoms with Crippen molar-refractivity contribution in [2.45, 2.75) is 51.6 Å². The topological polar surface area (TPSA) is 48.0 Å². The number of benzene rings is 1. The van der Waals surface area contributed by atoms with Crippen LogP contribution in [0.2, 0.25) is 0 Å². The second-order valence-electron chi connectivity index (χ2n) is 5.83. The average molecular weight is 314 g/mol. The monoisotopic (exact) mass is 314 g/mol. The van der Waals surface area contributed by atoms with Gasteiger partial charge in [-0.2, -0.15) is 13.2 Å². The maximum Gasteiger partial charge on any atom is 0.416 e. The zero-order valence-electron chi connectivity index (χ0n) is 12.7. The fourth-order valence-electron chi connectivity index (χ4n) is 2.36. The van der Waals surface area contributed by atoms with Crippen LogP contribution in [0.1, 0.15) is 44.4 Å². The number of aliphatic hydroxyl groups is 1. The molecule has 2 aromatic rings. The van der Waals surface area contributed by atoms with E-state index in [1.807, 2.05) is 6.92 Å². The van der Waals surface area contributed by atoms with Crippen LogP contribution in [0, 0.1) is 0 Å². The minimum absolute atomic E-state index is 0.368. The molecular weight excluding hydrogens is 293 g/mol. The Morgan fingerprint density at radius 2 is 1.95 bits per heavy atom. The zero-order chi connectivity index (χ0) is 16.4. The number of nitrogens with one attached hydrogen (secondary N) is 2. The predicted octanol–water partition coefficient (Wildman–Crippen LogP) is 4.18. The van der Waals surface area contributed by atoms with Gasteiger partial charge in [0.2, 0.25) is 0 Å². The largest absolute Gasteiger partial charge is 0.416 e. The van der Waals surface area contributed by atoms with Crippen LogP contribution < -0.4 is 5.32 Å². The maximum absolute atomic E-state index is 12.7. The quantitative estimate of drug-likeness (QED) is 0.701. The van der Waals surface area contributed by atoms with Crippen LogP contribution >= 0.6 is 0 Å². The maximum atomic E-state index is 12.7. The van der Waals surface area contributed by atoms with Crippen LogP contribution in [0.25, 0.3) is 10.9 Å². The summed E-state index contributed by atoms with van der Waals surface area (Å²) in [5.41, 5.74) is -0.248. The van der Waals surface area contributed by atoms with E-state index >= 15 is 0 Å². The van der Waals surface area contributed by atoms with Gasteiger partial charge >= 0.3 is 6.18 Å². The number of rotatable bonds is 6. The van der Waals surface area contributed by atoms with E-state index in [-0.39, 0.29) is 0 Å². The molecule has 0 spiro atoms. The van der Waals surface area contributed by atoms with E-state index < -0.39 is 17.5 Å². The van der Waals surface area contributed by atoms with Gasteiger partial charge < -0.3 is 10.1 Å². The van der Waals surface area contributed by atoms with Crippen LogP contribution in [0.15, 0.2) is 24.3 Å². The first kappa shape index (κ1) is 16.8. The lowest BCUT2D eigenvalue weighted by Crippen LogP contribution is -2.41. The molecule has 0 fully saturated rings. The van der Waals surface area contributed by atoms with Gasteiger partial charge in [0.1, 0.15) is 5.72 Å². The molecule has 0 aliphatic rings. The van der Waals surface area contributed by atoms with Crippen LogP contribution in [-0.4, -0.2) is 15.8 Å². The van der Waals surface area contributed by atoms with Crippen LogP contribution in [-0.2, 0) is 12.7 Å². The highest BCUT2D eigenvalue weighted by atomic mass is 19.4. The van der Waals surface area contributed by atoms with Crippen molar-refractivity contribution >= 4 is 10.9 Å². The standard InChI is InChI=1S/C16H21F3N2O/c1-3-4-7-15(2,22)20-10-13-9-11-8-12(16(17,18)19)5-6-14(11)21-13/h5-6,8-9,20-22H,3-4,7,10H2,1-2H3. The third-order valence-electron chi connectivity index (χ3n) is 3.68. The minimum Gasteiger partial charge on any atom is -0.376 e. The number of unbranched alkanes of at least 4 members (excludes halogenated alkanes) is 1. The van der Waals surface area contributed by atoms with Gasteiger partial charge in [-0.1, -0.05) is 13.3 Å². The summed E-state index contributed by atoms with van der Waals surface area (Å²) in [7, 11) is 0. The van der Waals surface area contributed by atoms with Crippen molar-refractivity contribution in [3.63, 3.8) is 0 Å². The predicted molar refractivity (Wildman–Crippen MR) is 80.3 cm³/mol. The van der Waals surface area contributed by atoms with E-state index in [9.17, 15) is 18.3 Å². The Morgan fingerprint density at radius 1 is 1.23 bits per heavy atom. The van der Waals surface area contributed by atoms with Gasteiger partial charge in [-0.25, -0.2) is 0 Å². The highest BCUT2D eigenvalue weighted by Gasteiger charge is 2.30. The summed E-state index contributed by atoms with van der Waals surface area (Å²) in [6, 6.07) is 5.29. The molecule has 1 unspecified atom stereocenters. The Morgan fingerprint density at radius 3 is 2.59 bits per heavy atom. The summed E-state index contributed by atoms with van der Waals surface area (Å²) >= 11 is 0. The smallest absolute Gasteiger partial charge is 0.376 e. The molecule has 0 aliphatic heterocycles. The zero-order valence-corrected chi connectivity index (χ0v) is 12.7. The number of halogens is 3. The molecule has 0 bridgehead atoms. The van der Waals surface area contributed by atoms with Crippen molar-refractivity contribution in [2.75, 3.05) is 0 Å². The summed E-state index contributed by atoms with van der Waals surface area (Å²) in [5.74, 6) is 0. The highest BCUT2D eigenvalue weighted by molar-refractivity contribution is 5.81. The molecule has 0 amide bonds. The molecule has 22 heavy (non-hydrogen) atoms. The second-order valence-corrected chi connectivity index (χ2v) is 5.83. The van der Waals surface area contributed by atoms with Crippen molar-refractivity contribution in [1.82, 2.24) is 10.3 Å². The van der Waals surface area contributed by atoms with Gasteiger partial charge in [0.15, 0.2) is 0 Å². The molecule has 1 aromatic heterocycles.